The third kappa shape index (κ3) is 3.34. The number of likely N-dealkylation sites (N-methyl/N-ethyl adjacent to an activating group) is 1. The predicted molar refractivity (Wildman–Crippen MR) is 80.4 cm³/mol. The lowest BCUT2D eigenvalue weighted by atomic mass is 9.97. The second-order valence-electron chi connectivity index (χ2n) is 5.06. The van der Waals surface area contributed by atoms with Gasteiger partial charge in [0, 0.05) is 14.1 Å². The SMILES string of the molecule is CNC(=O)C(/C=C1/SC2(CCCCC2)OC1=O)=C(/O)NC. The van der Waals surface area contributed by atoms with E-state index in [1.165, 1.54) is 31.9 Å². The van der Waals surface area contributed by atoms with Gasteiger partial charge < -0.3 is 20.5 Å². The van der Waals surface area contributed by atoms with Crippen molar-refractivity contribution in [1.29, 1.82) is 0 Å². The summed E-state index contributed by atoms with van der Waals surface area (Å²) in [6, 6.07) is 0. The molecule has 1 saturated heterocycles. The Hall–Kier alpha value is -1.63. The normalized spacial score (nSPS) is 23.7. The summed E-state index contributed by atoms with van der Waals surface area (Å²) in [4.78, 5) is 23.7. The van der Waals surface area contributed by atoms with Gasteiger partial charge in [-0.25, -0.2) is 4.79 Å². The quantitative estimate of drug-likeness (QED) is 0.416. The zero-order valence-electron chi connectivity index (χ0n) is 12.2. The van der Waals surface area contributed by atoms with Crippen LogP contribution >= 0.6 is 11.8 Å². The molecule has 21 heavy (non-hydrogen) atoms. The van der Waals surface area contributed by atoms with Crippen LogP contribution < -0.4 is 10.6 Å². The van der Waals surface area contributed by atoms with Crippen molar-refractivity contribution in [3.63, 3.8) is 0 Å². The largest absolute Gasteiger partial charge is 0.494 e. The molecule has 0 radical (unpaired) electrons. The first-order chi connectivity index (χ1) is 10.0. The Labute approximate surface area is 128 Å². The molecule has 1 aliphatic carbocycles. The van der Waals surface area contributed by atoms with Gasteiger partial charge in [0.2, 0.25) is 0 Å². The molecular formula is C14H20N2O4S. The van der Waals surface area contributed by atoms with E-state index >= 15 is 0 Å². The van der Waals surface area contributed by atoms with E-state index in [0.717, 1.165) is 32.1 Å². The minimum atomic E-state index is -0.482. The second-order valence-corrected chi connectivity index (χ2v) is 6.45. The van der Waals surface area contributed by atoms with Crippen LogP contribution in [0.25, 0.3) is 0 Å². The molecular weight excluding hydrogens is 292 g/mol. The van der Waals surface area contributed by atoms with Crippen LogP contribution in [0.4, 0.5) is 0 Å². The van der Waals surface area contributed by atoms with Crippen molar-refractivity contribution in [3.05, 3.63) is 22.4 Å². The number of amides is 1. The van der Waals surface area contributed by atoms with Crippen molar-refractivity contribution >= 4 is 23.6 Å². The number of hydrogen-bond acceptors (Lipinski definition) is 6. The van der Waals surface area contributed by atoms with Gasteiger partial charge in [0.15, 0.2) is 10.8 Å². The average molecular weight is 312 g/mol. The van der Waals surface area contributed by atoms with Gasteiger partial charge in [-0.1, -0.05) is 18.2 Å². The summed E-state index contributed by atoms with van der Waals surface area (Å²) >= 11 is 1.36. The topological polar surface area (TPSA) is 87.7 Å². The van der Waals surface area contributed by atoms with Crippen LogP contribution in [0.2, 0.25) is 0 Å². The molecule has 0 aromatic rings. The number of rotatable bonds is 3. The van der Waals surface area contributed by atoms with E-state index in [2.05, 4.69) is 10.6 Å². The molecule has 0 bridgehead atoms. The van der Waals surface area contributed by atoms with Crippen molar-refractivity contribution in [2.24, 2.45) is 0 Å². The van der Waals surface area contributed by atoms with Crippen LogP contribution in [-0.4, -0.2) is 36.0 Å². The highest BCUT2D eigenvalue weighted by atomic mass is 32.2. The highest BCUT2D eigenvalue weighted by Crippen LogP contribution is 2.50. The fourth-order valence-electron chi connectivity index (χ4n) is 2.51. The molecule has 6 nitrogen and oxygen atoms in total. The van der Waals surface area contributed by atoms with Gasteiger partial charge in [0.05, 0.1) is 4.91 Å². The summed E-state index contributed by atoms with van der Waals surface area (Å²) in [5, 5.41) is 14.7. The molecule has 0 atom stereocenters. The van der Waals surface area contributed by atoms with Crippen molar-refractivity contribution in [3.8, 4) is 0 Å². The van der Waals surface area contributed by atoms with Gasteiger partial charge >= 0.3 is 5.97 Å². The number of hydrogen-bond donors (Lipinski definition) is 3. The number of carbonyl (C=O) groups is 2. The lowest BCUT2D eigenvalue weighted by Gasteiger charge is -2.29. The number of ether oxygens (including phenoxy) is 1. The summed E-state index contributed by atoms with van der Waals surface area (Å²) in [5.41, 5.74) is 0.0207. The highest BCUT2D eigenvalue weighted by molar-refractivity contribution is 8.05. The van der Waals surface area contributed by atoms with E-state index in [1.807, 2.05) is 0 Å². The van der Waals surface area contributed by atoms with Crippen LogP contribution in [-0.2, 0) is 14.3 Å². The Kier molecular flexibility index (Phi) is 4.82. The molecule has 2 aliphatic rings. The van der Waals surface area contributed by atoms with E-state index in [9.17, 15) is 14.7 Å². The van der Waals surface area contributed by atoms with Crippen LogP contribution in [0.1, 0.15) is 32.1 Å². The molecule has 1 aliphatic heterocycles. The Morgan fingerprint density at radius 3 is 2.52 bits per heavy atom. The van der Waals surface area contributed by atoms with Crippen LogP contribution in [0.3, 0.4) is 0 Å². The third-order valence-electron chi connectivity index (χ3n) is 3.63. The summed E-state index contributed by atoms with van der Waals surface area (Å²) in [6.45, 7) is 0. The number of aliphatic hydroxyl groups is 1. The van der Waals surface area contributed by atoms with E-state index in [1.54, 1.807) is 0 Å². The van der Waals surface area contributed by atoms with Gasteiger partial charge in [0.25, 0.3) is 5.91 Å². The van der Waals surface area contributed by atoms with E-state index in [0.29, 0.717) is 4.91 Å². The van der Waals surface area contributed by atoms with Crippen LogP contribution in [0.15, 0.2) is 22.4 Å². The summed E-state index contributed by atoms with van der Waals surface area (Å²) in [5.74, 6) is -1.17. The van der Waals surface area contributed by atoms with Gasteiger partial charge in [-0.15, -0.1) is 0 Å². The van der Waals surface area contributed by atoms with E-state index < -0.39 is 16.8 Å². The van der Waals surface area contributed by atoms with Crippen molar-refractivity contribution < 1.29 is 19.4 Å². The van der Waals surface area contributed by atoms with Gasteiger partial charge in [0.1, 0.15) is 5.57 Å². The van der Waals surface area contributed by atoms with Crippen molar-refractivity contribution in [2.75, 3.05) is 14.1 Å². The molecule has 2 rings (SSSR count). The minimum Gasteiger partial charge on any atom is -0.494 e. The maximum Gasteiger partial charge on any atom is 0.346 e. The summed E-state index contributed by atoms with van der Waals surface area (Å²) in [6.07, 6.45) is 6.28. The molecule has 7 heteroatoms. The molecule has 1 spiro atoms. The lowest BCUT2D eigenvalue weighted by Crippen LogP contribution is -2.27. The zero-order chi connectivity index (χ0) is 15.5. The first-order valence-electron chi connectivity index (χ1n) is 6.98. The minimum absolute atomic E-state index is 0.0207. The standard InChI is InChI=1S/C14H20N2O4S/c1-15-11(17)9(12(18)16-2)8-10-13(19)20-14(21-10)6-4-3-5-7-14/h8,15,17H,3-7H2,1-2H3,(H,16,18)/b10-8+,11-9+. The van der Waals surface area contributed by atoms with Crippen LogP contribution in [0.5, 0.6) is 0 Å². The predicted octanol–water partition coefficient (Wildman–Crippen LogP) is 1.56. The zero-order valence-corrected chi connectivity index (χ0v) is 13.0. The average Bonchev–Trinajstić information content (AvgIpc) is 2.79. The maximum absolute atomic E-state index is 12.0. The second kappa shape index (κ2) is 6.43. The van der Waals surface area contributed by atoms with Crippen LogP contribution in [0, 0.1) is 0 Å². The number of carbonyl (C=O) groups excluding carboxylic acids is 2. The van der Waals surface area contributed by atoms with Gasteiger partial charge in [-0.3, -0.25) is 4.79 Å². The first kappa shape index (κ1) is 15.8. The molecule has 2 fully saturated rings. The Bertz CT molecular complexity index is 507. The fraction of sp³-hybridized carbons (Fsp3) is 0.571. The number of thioether (sulfide) groups is 1. The van der Waals surface area contributed by atoms with Gasteiger partial charge in [-0.2, -0.15) is 0 Å². The Morgan fingerprint density at radius 1 is 1.29 bits per heavy atom. The monoisotopic (exact) mass is 312 g/mol. The van der Waals surface area contributed by atoms with Gasteiger partial charge in [-0.05, 0) is 31.8 Å². The number of nitrogens with one attached hydrogen (secondary N) is 2. The molecule has 3 N–H and O–H groups in total. The fourth-order valence-corrected chi connectivity index (χ4v) is 3.82. The molecule has 1 saturated carbocycles. The number of esters is 1. The first-order valence-corrected chi connectivity index (χ1v) is 7.80. The lowest BCUT2D eigenvalue weighted by molar-refractivity contribution is -0.145. The number of aliphatic hydroxyl groups excluding tert-OH is 1. The molecule has 1 heterocycles. The molecule has 0 aromatic heterocycles. The smallest absolute Gasteiger partial charge is 0.346 e. The molecule has 1 amide bonds. The summed E-state index contributed by atoms with van der Waals surface area (Å²) < 4.78 is 5.53. The van der Waals surface area contributed by atoms with Crippen molar-refractivity contribution in [2.45, 2.75) is 37.0 Å². The third-order valence-corrected chi connectivity index (χ3v) is 5.00. The maximum atomic E-state index is 12.0. The molecule has 0 unspecified atom stereocenters. The highest BCUT2D eigenvalue weighted by Gasteiger charge is 2.45. The molecule has 116 valence electrons. The Morgan fingerprint density at radius 2 is 1.95 bits per heavy atom. The Balaban J connectivity index is 2.27. The van der Waals surface area contributed by atoms with E-state index in [4.69, 9.17) is 4.74 Å². The summed E-state index contributed by atoms with van der Waals surface area (Å²) in [7, 11) is 2.96. The van der Waals surface area contributed by atoms with Crippen molar-refractivity contribution in [1.82, 2.24) is 10.6 Å². The molecule has 0 aromatic carbocycles. The van der Waals surface area contributed by atoms with E-state index in [-0.39, 0.29) is 11.5 Å².